The predicted octanol–water partition coefficient (Wildman–Crippen LogP) is 6.25. The van der Waals surface area contributed by atoms with Crippen molar-refractivity contribution < 1.29 is 0 Å². The molecule has 26 heavy (non-hydrogen) atoms. The smallest absolute Gasteiger partial charge is 0.0705 e. The number of rotatable bonds is 4. The first-order valence-electron chi connectivity index (χ1n) is 9.33. The molecule has 4 aromatic rings. The summed E-state index contributed by atoms with van der Waals surface area (Å²) >= 11 is 0. The van der Waals surface area contributed by atoms with Crippen LogP contribution < -0.4 is 0 Å². The molecule has 130 valence electrons. The maximum absolute atomic E-state index is 4.71. The van der Waals surface area contributed by atoms with Gasteiger partial charge in [-0.25, -0.2) is 0 Å². The number of hydrogen-bond acceptors (Lipinski definition) is 2. The third kappa shape index (κ3) is 3.08. The molecule has 0 spiro atoms. The van der Waals surface area contributed by atoms with Crippen molar-refractivity contribution in [2.45, 2.75) is 39.0 Å². The van der Waals surface area contributed by atoms with E-state index in [1.165, 1.54) is 32.8 Å². The molecule has 2 aromatic heterocycles. The average Bonchev–Trinajstić information content (AvgIpc) is 2.67. The minimum Gasteiger partial charge on any atom is -0.264 e. The first kappa shape index (κ1) is 16.7. The number of benzene rings is 2. The third-order valence-electron chi connectivity index (χ3n) is 5.24. The van der Waals surface area contributed by atoms with E-state index in [1.54, 1.807) is 0 Å². The quantitative estimate of drug-likeness (QED) is 0.438. The van der Waals surface area contributed by atoms with Crippen LogP contribution in [0.5, 0.6) is 0 Å². The van der Waals surface area contributed by atoms with Crippen LogP contribution in [0.15, 0.2) is 67.1 Å². The Morgan fingerprint density at radius 2 is 1.73 bits per heavy atom. The Morgan fingerprint density at radius 1 is 0.885 bits per heavy atom. The number of pyridine rings is 2. The summed E-state index contributed by atoms with van der Waals surface area (Å²) in [7, 11) is 0. The first-order valence-corrected chi connectivity index (χ1v) is 9.33. The van der Waals surface area contributed by atoms with Gasteiger partial charge in [0.2, 0.25) is 0 Å². The second kappa shape index (κ2) is 6.87. The monoisotopic (exact) mass is 340 g/mol. The molecule has 0 aliphatic heterocycles. The molecule has 0 saturated carbocycles. The Morgan fingerprint density at radius 3 is 2.58 bits per heavy atom. The molecule has 0 aliphatic carbocycles. The van der Waals surface area contributed by atoms with Crippen LogP contribution in [0.3, 0.4) is 0 Å². The van der Waals surface area contributed by atoms with Crippen LogP contribution in [-0.4, -0.2) is 9.97 Å². The van der Waals surface area contributed by atoms with Crippen molar-refractivity contribution in [3.05, 3.63) is 83.8 Å². The van der Waals surface area contributed by atoms with Crippen LogP contribution in [0.25, 0.3) is 21.7 Å². The van der Waals surface area contributed by atoms with E-state index < -0.39 is 0 Å². The molecule has 2 nitrogen and oxygen atoms in total. The predicted molar refractivity (Wildman–Crippen MR) is 110 cm³/mol. The molecule has 0 aliphatic rings. The lowest BCUT2D eigenvalue weighted by Crippen LogP contribution is -2.05. The van der Waals surface area contributed by atoms with Crippen LogP contribution in [0.2, 0.25) is 0 Å². The Balaban J connectivity index is 1.72. The van der Waals surface area contributed by atoms with E-state index in [0.717, 1.165) is 11.9 Å². The van der Waals surface area contributed by atoms with E-state index in [0.29, 0.717) is 11.8 Å². The summed E-state index contributed by atoms with van der Waals surface area (Å²) in [5.74, 6) is 0.908. The molecule has 0 radical (unpaired) electrons. The fourth-order valence-electron chi connectivity index (χ4n) is 3.91. The number of nitrogens with zero attached hydrogens (tertiary/aromatic N) is 2. The fourth-order valence-corrected chi connectivity index (χ4v) is 3.91. The van der Waals surface area contributed by atoms with Crippen molar-refractivity contribution in [2.24, 2.45) is 0 Å². The lowest BCUT2D eigenvalue weighted by Gasteiger charge is -2.19. The van der Waals surface area contributed by atoms with Gasteiger partial charge in [0.1, 0.15) is 0 Å². The molecule has 2 heteroatoms. The van der Waals surface area contributed by atoms with Crippen LogP contribution in [0.4, 0.5) is 0 Å². The Kier molecular flexibility index (Phi) is 4.42. The maximum atomic E-state index is 4.71. The van der Waals surface area contributed by atoms with Gasteiger partial charge in [-0.2, -0.15) is 0 Å². The van der Waals surface area contributed by atoms with Gasteiger partial charge in [-0.3, -0.25) is 9.97 Å². The van der Waals surface area contributed by atoms with Crippen molar-refractivity contribution in [1.82, 2.24) is 9.97 Å². The molecule has 4 rings (SSSR count). The zero-order valence-electron chi connectivity index (χ0n) is 15.6. The first-order chi connectivity index (χ1) is 12.6. The highest BCUT2D eigenvalue weighted by molar-refractivity contribution is 5.84. The topological polar surface area (TPSA) is 25.8 Å². The summed E-state index contributed by atoms with van der Waals surface area (Å²) in [4.78, 5) is 8.97. The highest BCUT2D eigenvalue weighted by Crippen LogP contribution is 2.31. The van der Waals surface area contributed by atoms with Gasteiger partial charge in [-0.15, -0.1) is 0 Å². The van der Waals surface area contributed by atoms with Crippen LogP contribution in [0.1, 0.15) is 49.3 Å². The van der Waals surface area contributed by atoms with Crippen molar-refractivity contribution in [1.29, 1.82) is 0 Å². The van der Waals surface area contributed by atoms with Gasteiger partial charge in [-0.05, 0) is 58.5 Å². The normalized spacial score (nSPS) is 12.8. The summed E-state index contributed by atoms with van der Waals surface area (Å²) < 4.78 is 0. The summed E-state index contributed by atoms with van der Waals surface area (Å²) in [6.45, 7) is 6.85. The zero-order chi connectivity index (χ0) is 18.1. The van der Waals surface area contributed by atoms with Gasteiger partial charge >= 0.3 is 0 Å². The van der Waals surface area contributed by atoms with E-state index in [4.69, 9.17) is 4.98 Å². The number of hydrogen-bond donors (Lipinski definition) is 0. The van der Waals surface area contributed by atoms with E-state index in [9.17, 15) is 0 Å². The summed E-state index contributed by atoms with van der Waals surface area (Å²) in [6.07, 6.45) is 6.87. The average molecular weight is 340 g/mol. The van der Waals surface area contributed by atoms with Gasteiger partial charge in [-0.1, -0.05) is 51.1 Å². The van der Waals surface area contributed by atoms with Gasteiger partial charge in [0, 0.05) is 29.4 Å². The lowest BCUT2D eigenvalue weighted by atomic mass is 9.87. The van der Waals surface area contributed by atoms with E-state index in [1.807, 2.05) is 12.4 Å². The number of aromatic nitrogens is 2. The SMILES string of the molecule is CC(C)c1c(C[C@@H](C)c2ccc3ccncc3c2)cnc2ccccc12. The minimum absolute atomic E-state index is 0.431. The van der Waals surface area contributed by atoms with E-state index in [2.05, 4.69) is 80.5 Å². The highest BCUT2D eigenvalue weighted by atomic mass is 14.7. The Hall–Kier alpha value is -2.74. The summed E-state index contributed by atoms with van der Waals surface area (Å²) in [6, 6.07) is 17.3. The van der Waals surface area contributed by atoms with Crippen LogP contribution in [0, 0.1) is 0 Å². The van der Waals surface area contributed by atoms with Gasteiger partial charge in [0.15, 0.2) is 0 Å². The van der Waals surface area contributed by atoms with Crippen LogP contribution in [-0.2, 0) is 6.42 Å². The van der Waals surface area contributed by atoms with Gasteiger partial charge in [0.05, 0.1) is 5.52 Å². The molecule has 2 aromatic carbocycles. The standard InChI is InChI=1S/C24H24N2/c1-16(2)24-21(15-26-23-7-5-4-6-22(23)24)12-17(3)19-9-8-18-10-11-25-14-20(18)13-19/h4-11,13-17H,12H2,1-3H3/t17-/m1/s1. The zero-order valence-corrected chi connectivity index (χ0v) is 15.6. The molecular weight excluding hydrogens is 316 g/mol. The van der Waals surface area contributed by atoms with Crippen LogP contribution >= 0.6 is 0 Å². The number of fused-ring (bicyclic) bond motifs is 2. The van der Waals surface area contributed by atoms with Gasteiger partial charge in [0.25, 0.3) is 0 Å². The fraction of sp³-hybridized carbons (Fsp3) is 0.250. The third-order valence-corrected chi connectivity index (χ3v) is 5.24. The molecule has 0 fully saturated rings. The maximum Gasteiger partial charge on any atom is 0.0705 e. The largest absolute Gasteiger partial charge is 0.264 e. The second-order valence-corrected chi connectivity index (χ2v) is 7.46. The molecule has 0 bridgehead atoms. The Labute approximate surface area is 154 Å². The number of para-hydroxylation sites is 1. The van der Waals surface area contributed by atoms with Crippen molar-refractivity contribution in [2.75, 3.05) is 0 Å². The molecule has 0 amide bonds. The molecule has 0 saturated heterocycles. The second-order valence-electron chi connectivity index (χ2n) is 7.46. The van der Waals surface area contributed by atoms with E-state index >= 15 is 0 Å². The summed E-state index contributed by atoms with van der Waals surface area (Å²) in [5.41, 5.74) is 5.24. The van der Waals surface area contributed by atoms with E-state index in [-0.39, 0.29) is 0 Å². The van der Waals surface area contributed by atoms with Crippen molar-refractivity contribution in [3.63, 3.8) is 0 Å². The van der Waals surface area contributed by atoms with Crippen molar-refractivity contribution >= 4 is 21.7 Å². The summed E-state index contributed by atoms with van der Waals surface area (Å²) in [5, 5.41) is 3.73. The molecule has 2 heterocycles. The molecular formula is C24H24N2. The molecule has 0 N–H and O–H groups in total. The van der Waals surface area contributed by atoms with Crippen molar-refractivity contribution in [3.8, 4) is 0 Å². The highest BCUT2D eigenvalue weighted by Gasteiger charge is 2.15. The van der Waals surface area contributed by atoms with Gasteiger partial charge < -0.3 is 0 Å². The minimum atomic E-state index is 0.431. The lowest BCUT2D eigenvalue weighted by molar-refractivity contribution is 0.738. The molecule has 1 atom stereocenters. The molecule has 0 unspecified atom stereocenters. The Bertz CT molecular complexity index is 1070.